The first-order valence-electron chi connectivity index (χ1n) is 4.35. The Morgan fingerprint density at radius 1 is 1.60 bits per heavy atom. The summed E-state index contributed by atoms with van der Waals surface area (Å²) in [6.45, 7) is 0.178. The molecule has 82 valence electrons. The topological polar surface area (TPSA) is 58.6 Å². The quantitative estimate of drug-likeness (QED) is 0.768. The summed E-state index contributed by atoms with van der Waals surface area (Å²) < 4.78 is 4.94. The highest BCUT2D eigenvalue weighted by Gasteiger charge is 2.17. The first kappa shape index (κ1) is 11.8. The zero-order valence-electron chi connectivity index (χ0n) is 8.50. The highest BCUT2D eigenvalue weighted by atomic mass is 35.5. The summed E-state index contributed by atoms with van der Waals surface area (Å²) >= 11 is 5.69. The number of aromatic hydroxyl groups is 1. The summed E-state index contributed by atoms with van der Waals surface area (Å²) in [5.74, 6) is -0.259. The molecule has 15 heavy (non-hydrogen) atoms. The molecule has 4 nitrogen and oxygen atoms in total. The van der Waals surface area contributed by atoms with Crippen molar-refractivity contribution in [3.8, 4) is 11.5 Å². The molecular weight excluding hydrogens is 218 g/mol. The summed E-state index contributed by atoms with van der Waals surface area (Å²) in [5.41, 5.74) is 0.314. The molecule has 0 aliphatic rings. The molecule has 0 fully saturated rings. The van der Waals surface area contributed by atoms with Crippen LogP contribution in [0.2, 0.25) is 5.02 Å². The van der Waals surface area contributed by atoms with Gasteiger partial charge in [-0.05, 0) is 19.2 Å². The molecule has 1 aromatic rings. The molecule has 0 spiro atoms. The number of ether oxygens (including phenoxy) is 1. The number of nitrogens with one attached hydrogen (secondary N) is 1. The lowest BCUT2D eigenvalue weighted by molar-refractivity contribution is 0.0990. The van der Waals surface area contributed by atoms with Crippen LogP contribution in [0.25, 0.3) is 0 Å². The Hall–Kier alpha value is -1.26. The first-order valence-corrected chi connectivity index (χ1v) is 4.72. The van der Waals surface area contributed by atoms with E-state index in [1.54, 1.807) is 7.05 Å². The van der Waals surface area contributed by atoms with E-state index in [4.69, 9.17) is 16.3 Å². The van der Waals surface area contributed by atoms with E-state index in [9.17, 15) is 9.90 Å². The second-order valence-electron chi connectivity index (χ2n) is 2.93. The number of Topliss-reactive ketones (excluding diaryl/α,β-unsaturated/α-hetero) is 1. The first-order chi connectivity index (χ1) is 7.11. The van der Waals surface area contributed by atoms with Crippen molar-refractivity contribution in [3.63, 3.8) is 0 Å². The molecule has 0 amide bonds. The number of rotatable bonds is 4. The zero-order chi connectivity index (χ0) is 11.4. The fraction of sp³-hybridized carbons (Fsp3) is 0.300. The molecule has 0 atom stereocenters. The van der Waals surface area contributed by atoms with E-state index in [1.807, 2.05) is 0 Å². The maximum atomic E-state index is 11.6. The van der Waals surface area contributed by atoms with Gasteiger partial charge in [-0.2, -0.15) is 0 Å². The Morgan fingerprint density at radius 3 is 2.80 bits per heavy atom. The maximum Gasteiger partial charge on any atom is 0.180 e. The number of phenols is 1. The predicted octanol–water partition coefficient (Wildman–Crippen LogP) is 1.46. The molecule has 0 aliphatic heterocycles. The van der Waals surface area contributed by atoms with Gasteiger partial charge in [0.05, 0.1) is 24.2 Å². The number of phenolic OH excluding ortho intramolecular Hbond substituents is 1. The lowest BCUT2D eigenvalue weighted by Gasteiger charge is -2.10. The average molecular weight is 230 g/mol. The normalized spacial score (nSPS) is 10.1. The van der Waals surface area contributed by atoms with Crippen LogP contribution in [-0.4, -0.2) is 31.6 Å². The van der Waals surface area contributed by atoms with Gasteiger partial charge in [0.15, 0.2) is 17.3 Å². The molecule has 0 bridgehead atoms. The average Bonchev–Trinajstić information content (AvgIpc) is 2.22. The minimum Gasteiger partial charge on any atom is -0.503 e. The standard InChI is InChI=1S/C10H12ClNO3/c1-12-5-8(13)6-3-4-7(11)9(14)10(6)15-2/h3-4,12,14H,5H2,1-2H3. The van der Waals surface area contributed by atoms with Crippen molar-refractivity contribution in [2.24, 2.45) is 0 Å². The van der Waals surface area contributed by atoms with Gasteiger partial charge in [0.1, 0.15) is 0 Å². The van der Waals surface area contributed by atoms with Crippen LogP contribution in [-0.2, 0) is 0 Å². The molecule has 5 heteroatoms. The Labute approximate surface area is 92.8 Å². The molecular formula is C10H12ClNO3. The summed E-state index contributed by atoms with van der Waals surface area (Å²) in [4.78, 5) is 11.6. The Kier molecular flexibility index (Phi) is 3.94. The molecule has 0 heterocycles. The minimum absolute atomic E-state index is 0.114. The minimum atomic E-state index is -0.207. The van der Waals surface area contributed by atoms with E-state index < -0.39 is 0 Å². The van der Waals surface area contributed by atoms with Crippen molar-refractivity contribution < 1.29 is 14.6 Å². The lowest BCUT2D eigenvalue weighted by Crippen LogP contribution is -2.19. The highest BCUT2D eigenvalue weighted by molar-refractivity contribution is 6.32. The van der Waals surface area contributed by atoms with Crippen molar-refractivity contribution >= 4 is 17.4 Å². The van der Waals surface area contributed by atoms with Crippen LogP contribution in [0.4, 0.5) is 0 Å². The third kappa shape index (κ3) is 2.40. The van der Waals surface area contributed by atoms with E-state index in [2.05, 4.69) is 5.32 Å². The van der Waals surface area contributed by atoms with Gasteiger partial charge in [-0.15, -0.1) is 0 Å². The molecule has 0 aliphatic carbocycles. The highest BCUT2D eigenvalue weighted by Crippen LogP contribution is 2.36. The van der Waals surface area contributed by atoms with E-state index in [1.165, 1.54) is 19.2 Å². The van der Waals surface area contributed by atoms with E-state index in [0.717, 1.165) is 0 Å². The van der Waals surface area contributed by atoms with Crippen molar-refractivity contribution in [2.75, 3.05) is 20.7 Å². The molecule has 1 aromatic carbocycles. The second kappa shape index (κ2) is 5.00. The Morgan fingerprint density at radius 2 is 2.27 bits per heavy atom. The number of carbonyl (C=O) groups is 1. The largest absolute Gasteiger partial charge is 0.503 e. The van der Waals surface area contributed by atoms with Gasteiger partial charge in [0.25, 0.3) is 0 Å². The van der Waals surface area contributed by atoms with Gasteiger partial charge in [0, 0.05) is 0 Å². The summed E-state index contributed by atoms with van der Waals surface area (Å²) in [5, 5.41) is 12.5. The van der Waals surface area contributed by atoms with Crippen LogP contribution in [0.1, 0.15) is 10.4 Å². The van der Waals surface area contributed by atoms with Crippen molar-refractivity contribution in [1.82, 2.24) is 5.32 Å². The number of ketones is 1. The number of carbonyl (C=O) groups excluding carboxylic acids is 1. The van der Waals surface area contributed by atoms with Crippen LogP contribution < -0.4 is 10.1 Å². The van der Waals surface area contributed by atoms with Crippen molar-refractivity contribution in [3.05, 3.63) is 22.7 Å². The van der Waals surface area contributed by atoms with Gasteiger partial charge >= 0.3 is 0 Å². The summed E-state index contributed by atoms with van der Waals surface area (Å²) in [6.07, 6.45) is 0. The SMILES string of the molecule is CNCC(=O)c1ccc(Cl)c(O)c1OC. The third-order valence-corrected chi connectivity index (χ3v) is 2.23. The van der Waals surface area contributed by atoms with Crippen molar-refractivity contribution in [1.29, 1.82) is 0 Å². The predicted molar refractivity (Wildman–Crippen MR) is 57.9 cm³/mol. The number of hydrogen-bond acceptors (Lipinski definition) is 4. The Bertz CT molecular complexity index is 379. The fourth-order valence-electron chi connectivity index (χ4n) is 1.23. The second-order valence-corrected chi connectivity index (χ2v) is 3.34. The number of likely N-dealkylation sites (N-methyl/N-ethyl adjacent to an activating group) is 1. The number of benzene rings is 1. The van der Waals surface area contributed by atoms with Crippen LogP contribution in [0, 0.1) is 0 Å². The van der Waals surface area contributed by atoms with E-state index in [-0.39, 0.29) is 28.8 Å². The van der Waals surface area contributed by atoms with Crippen LogP contribution in [0.3, 0.4) is 0 Å². The summed E-state index contributed by atoms with van der Waals surface area (Å²) in [6, 6.07) is 2.99. The Balaban J connectivity index is 3.18. The third-order valence-electron chi connectivity index (χ3n) is 1.92. The lowest BCUT2D eigenvalue weighted by atomic mass is 10.1. The van der Waals surface area contributed by atoms with Crippen LogP contribution >= 0.6 is 11.6 Å². The number of methoxy groups -OCH3 is 1. The molecule has 0 aromatic heterocycles. The van der Waals surface area contributed by atoms with Crippen molar-refractivity contribution in [2.45, 2.75) is 0 Å². The van der Waals surface area contributed by atoms with E-state index in [0.29, 0.717) is 5.56 Å². The number of hydrogen-bond donors (Lipinski definition) is 2. The molecule has 0 unspecified atom stereocenters. The van der Waals surface area contributed by atoms with Crippen LogP contribution in [0.15, 0.2) is 12.1 Å². The fourth-order valence-corrected chi connectivity index (χ4v) is 1.38. The van der Waals surface area contributed by atoms with Gasteiger partial charge in [-0.3, -0.25) is 4.79 Å². The molecule has 0 saturated carbocycles. The molecule has 0 radical (unpaired) electrons. The molecule has 2 N–H and O–H groups in total. The van der Waals surface area contributed by atoms with Crippen LogP contribution in [0.5, 0.6) is 11.5 Å². The number of halogens is 1. The van der Waals surface area contributed by atoms with Gasteiger partial charge < -0.3 is 15.2 Å². The van der Waals surface area contributed by atoms with Gasteiger partial charge in [-0.1, -0.05) is 11.6 Å². The molecule has 0 saturated heterocycles. The monoisotopic (exact) mass is 229 g/mol. The zero-order valence-corrected chi connectivity index (χ0v) is 9.26. The smallest absolute Gasteiger partial charge is 0.180 e. The van der Waals surface area contributed by atoms with Gasteiger partial charge in [0.2, 0.25) is 0 Å². The maximum absolute atomic E-state index is 11.6. The van der Waals surface area contributed by atoms with E-state index >= 15 is 0 Å². The molecule has 1 rings (SSSR count). The van der Waals surface area contributed by atoms with Gasteiger partial charge in [-0.25, -0.2) is 0 Å². The summed E-state index contributed by atoms with van der Waals surface area (Å²) in [7, 11) is 3.04.